The first-order valence-electron chi connectivity index (χ1n) is 20.0. The van der Waals surface area contributed by atoms with E-state index in [0.29, 0.717) is 12.8 Å². The van der Waals surface area contributed by atoms with Crippen LogP contribution in [0.25, 0.3) is 0 Å². The number of ether oxygens (including phenoxy) is 2. The molecule has 0 unspecified atom stereocenters. The van der Waals surface area contributed by atoms with Crippen LogP contribution in [0.3, 0.4) is 0 Å². The van der Waals surface area contributed by atoms with Crippen molar-refractivity contribution in [2.24, 2.45) is 5.41 Å². The molecule has 0 atom stereocenters. The lowest BCUT2D eigenvalue weighted by Crippen LogP contribution is -2.49. The van der Waals surface area contributed by atoms with Gasteiger partial charge in [-0.3, -0.25) is 9.59 Å². The third-order valence-electron chi connectivity index (χ3n) is 9.21. The standard InChI is InChI=1S/C41H76O7/c1-3-5-7-9-11-13-15-17-19-21-23-25-27-29-31-33-38(45)47-40(41(35-42,36-43)37-44)48-39(46)34-32-30-28-26-24-22-20-18-16-14-12-10-8-6-4-2/h17-20,40,42-44H,3-16,21-37H2,1-2H3/b19-17-,20-18-. The van der Waals surface area contributed by atoms with E-state index < -0.39 is 43.5 Å². The van der Waals surface area contributed by atoms with Gasteiger partial charge in [0, 0.05) is 12.8 Å². The van der Waals surface area contributed by atoms with Crippen molar-refractivity contribution < 1.29 is 34.4 Å². The lowest BCUT2D eigenvalue weighted by molar-refractivity contribution is -0.230. The van der Waals surface area contributed by atoms with Gasteiger partial charge in [-0.15, -0.1) is 0 Å². The molecule has 0 aromatic heterocycles. The molecular weight excluding hydrogens is 604 g/mol. The van der Waals surface area contributed by atoms with Crippen LogP contribution >= 0.6 is 0 Å². The van der Waals surface area contributed by atoms with Gasteiger partial charge in [-0.25, -0.2) is 0 Å². The van der Waals surface area contributed by atoms with Crippen molar-refractivity contribution in [1.29, 1.82) is 0 Å². The minimum atomic E-state index is -1.66. The fourth-order valence-electron chi connectivity index (χ4n) is 5.68. The number of carbonyl (C=O) groups excluding carboxylic acids is 2. The fourth-order valence-corrected chi connectivity index (χ4v) is 5.68. The molecule has 282 valence electrons. The van der Waals surface area contributed by atoms with Gasteiger partial charge in [0.25, 0.3) is 6.29 Å². The van der Waals surface area contributed by atoms with E-state index in [2.05, 4.69) is 38.2 Å². The maximum Gasteiger partial charge on any atom is 0.308 e. The number of aliphatic hydroxyl groups is 3. The van der Waals surface area contributed by atoms with E-state index in [4.69, 9.17) is 9.47 Å². The summed E-state index contributed by atoms with van der Waals surface area (Å²) >= 11 is 0. The SMILES string of the molecule is CCCCCCCC/C=C\CCCCCCCC(=O)OC(OC(=O)CCCCCCC/C=C\CCCCCCCC)C(CO)(CO)CO. The van der Waals surface area contributed by atoms with E-state index in [0.717, 1.165) is 64.2 Å². The monoisotopic (exact) mass is 681 g/mol. The van der Waals surface area contributed by atoms with Gasteiger partial charge in [-0.2, -0.15) is 0 Å². The molecule has 48 heavy (non-hydrogen) atoms. The molecular formula is C41H76O7. The molecule has 7 nitrogen and oxygen atoms in total. The van der Waals surface area contributed by atoms with Crippen LogP contribution in [0.5, 0.6) is 0 Å². The van der Waals surface area contributed by atoms with E-state index in [1.807, 2.05) is 0 Å². The van der Waals surface area contributed by atoms with Crippen LogP contribution in [-0.4, -0.2) is 53.4 Å². The Morgan fingerprint density at radius 3 is 1.02 bits per heavy atom. The van der Waals surface area contributed by atoms with Crippen molar-refractivity contribution in [2.75, 3.05) is 19.8 Å². The number of hydrogen-bond acceptors (Lipinski definition) is 7. The van der Waals surface area contributed by atoms with E-state index in [1.165, 1.54) is 89.9 Å². The molecule has 0 aliphatic carbocycles. The highest BCUT2D eigenvalue weighted by Crippen LogP contribution is 2.26. The van der Waals surface area contributed by atoms with Crippen LogP contribution in [0.1, 0.15) is 194 Å². The fraction of sp³-hybridized carbons (Fsp3) is 0.854. The number of esters is 2. The maximum absolute atomic E-state index is 12.6. The van der Waals surface area contributed by atoms with Crippen LogP contribution in [0.4, 0.5) is 0 Å². The van der Waals surface area contributed by atoms with Crippen molar-refractivity contribution in [3.05, 3.63) is 24.3 Å². The Balaban J connectivity index is 4.17. The molecule has 7 heteroatoms. The van der Waals surface area contributed by atoms with Gasteiger partial charge < -0.3 is 24.8 Å². The molecule has 0 aromatic carbocycles. The average Bonchev–Trinajstić information content (AvgIpc) is 3.09. The largest absolute Gasteiger partial charge is 0.424 e. The van der Waals surface area contributed by atoms with Gasteiger partial charge in [-0.1, -0.05) is 141 Å². The first kappa shape index (κ1) is 46.3. The maximum atomic E-state index is 12.6. The highest BCUT2D eigenvalue weighted by Gasteiger charge is 2.43. The zero-order valence-corrected chi connectivity index (χ0v) is 31.3. The normalized spacial score (nSPS) is 12.1. The van der Waals surface area contributed by atoms with Gasteiger partial charge in [0.2, 0.25) is 0 Å². The highest BCUT2D eigenvalue weighted by atomic mass is 16.7. The second-order valence-electron chi connectivity index (χ2n) is 13.8. The molecule has 0 radical (unpaired) electrons. The van der Waals surface area contributed by atoms with Crippen molar-refractivity contribution in [2.45, 2.75) is 200 Å². The summed E-state index contributed by atoms with van der Waals surface area (Å²) in [5.74, 6) is -1.13. The lowest BCUT2D eigenvalue weighted by Gasteiger charge is -2.34. The number of allylic oxidation sites excluding steroid dienone is 4. The average molecular weight is 681 g/mol. The molecule has 0 aliphatic rings. The Hall–Kier alpha value is -1.70. The van der Waals surface area contributed by atoms with Gasteiger partial charge in [-0.05, 0) is 64.2 Å². The quantitative estimate of drug-likeness (QED) is 0.0261. The van der Waals surface area contributed by atoms with Crippen molar-refractivity contribution in [3.8, 4) is 0 Å². The summed E-state index contributed by atoms with van der Waals surface area (Å²) in [6, 6.07) is 0. The first-order valence-corrected chi connectivity index (χ1v) is 20.0. The Bertz CT molecular complexity index is 713. The van der Waals surface area contributed by atoms with Crippen LogP contribution in [0.15, 0.2) is 24.3 Å². The third kappa shape index (κ3) is 27.2. The van der Waals surface area contributed by atoms with E-state index in [-0.39, 0.29) is 12.8 Å². The van der Waals surface area contributed by atoms with Crippen LogP contribution in [0, 0.1) is 5.41 Å². The summed E-state index contributed by atoms with van der Waals surface area (Å²) in [5.41, 5.74) is -1.66. The number of carbonyl (C=O) groups is 2. The minimum absolute atomic E-state index is 0.152. The first-order chi connectivity index (χ1) is 23.5. The molecule has 0 heterocycles. The predicted molar refractivity (Wildman–Crippen MR) is 199 cm³/mol. The topological polar surface area (TPSA) is 113 Å². The molecule has 0 fully saturated rings. The van der Waals surface area contributed by atoms with Crippen molar-refractivity contribution >= 4 is 11.9 Å². The molecule has 0 bridgehead atoms. The number of rotatable bonds is 36. The molecule has 0 saturated carbocycles. The van der Waals surface area contributed by atoms with Crippen LogP contribution in [-0.2, 0) is 19.1 Å². The van der Waals surface area contributed by atoms with Gasteiger partial charge >= 0.3 is 11.9 Å². The number of unbranched alkanes of at least 4 members (excludes halogenated alkanes) is 22. The zero-order valence-electron chi connectivity index (χ0n) is 31.3. The van der Waals surface area contributed by atoms with Crippen LogP contribution < -0.4 is 0 Å². The summed E-state index contributed by atoms with van der Waals surface area (Å²) in [7, 11) is 0. The summed E-state index contributed by atoms with van der Waals surface area (Å²) < 4.78 is 10.9. The van der Waals surface area contributed by atoms with Crippen molar-refractivity contribution in [1.82, 2.24) is 0 Å². The Morgan fingerprint density at radius 2 is 0.729 bits per heavy atom. The van der Waals surface area contributed by atoms with Gasteiger partial charge in [0.15, 0.2) is 0 Å². The molecule has 0 aliphatic heterocycles. The van der Waals surface area contributed by atoms with E-state index in [1.54, 1.807) is 0 Å². The minimum Gasteiger partial charge on any atom is -0.424 e. The van der Waals surface area contributed by atoms with E-state index in [9.17, 15) is 24.9 Å². The molecule has 3 N–H and O–H groups in total. The number of hydrogen-bond donors (Lipinski definition) is 3. The molecule has 0 spiro atoms. The second kappa shape index (κ2) is 35.1. The summed E-state index contributed by atoms with van der Waals surface area (Å²) in [5, 5.41) is 29.7. The predicted octanol–water partition coefficient (Wildman–Crippen LogP) is 10.4. The van der Waals surface area contributed by atoms with E-state index >= 15 is 0 Å². The van der Waals surface area contributed by atoms with Crippen molar-refractivity contribution in [3.63, 3.8) is 0 Å². The smallest absolute Gasteiger partial charge is 0.308 e. The van der Waals surface area contributed by atoms with Gasteiger partial charge in [0.1, 0.15) is 5.41 Å². The third-order valence-corrected chi connectivity index (χ3v) is 9.21. The van der Waals surface area contributed by atoms with Crippen LogP contribution in [0.2, 0.25) is 0 Å². The Kier molecular flexibility index (Phi) is 33.9. The Morgan fingerprint density at radius 1 is 0.458 bits per heavy atom. The van der Waals surface area contributed by atoms with Gasteiger partial charge in [0.05, 0.1) is 19.8 Å². The number of aliphatic hydroxyl groups excluding tert-OH is 3. The zero-order chi connectivity index (χ0) is 35.4. The summed E-state index contributed by atoms with van der Waals surface area (Å²) in [6.45, 7) is 2.43. The Labute approximate surface area is 295 Å². The highest BCUT2D eigenvalue weighted by molar-refractivity contribution is 5.71. The molecule has 0 saturated heterocycles. The second-order valence-corrected chi connectivity index (χ2v) is 13.8. The summed E-state index contributed by atoms with van der Waals surface area (Å²) in [6.07, 6.45) is 38.0. The lowest BCUT2D eigenvalue weighted by atomic mass is 9.90. The molecule has 0 aromatic rings. The summed E-state index contributed by atoms with van der Waals surface area (Å²) in [4.78, 5) is 25.2. The molecule has 0 amide bonds. The molecule has 0 rings (SSSR count).